The van der Waals surface area contributed by atoms with Gasteiger partial charge in [-0.05, 0) is 36.4 Å². The first-order valence-electron chi connectivity index (χ1n) is 9.34. The molecule has 31 heavy (non-hydrogen) atoms. The van der Waals surface area contributed by atoms with Crippen LogP contribution in [0.3, 0.4) is 0 Å². The lowest BCUT2D eigenvalue weighted by Crippen LogP contribution is -2.50. The minimum absolute atomic E-state index is 0.144. The van der Waals surface area contributed by atoms with Crippen molar-refractivity contribution >= 4 is 32.6 Å². The summed E-state index contributed by atoms with van der Waals surface area (Å²) in [6.45, 7) is 1.85. The van der Waals surface area contributed by atoms with Gasteiger partial charge in [0.15, 0.2) is 11.7 Å². The first-order chi connectivity index (χ1) is 14.8. The minimum atomic E-state index is -4.75. The molecule has 0 saturated carbocycles. The van der Waals surface area contributed by atoms with E-state index in [1.807, 2.05) is 4.90 Å². The molecule has 0 spiro atoms. The molecule has 1 aliphatic heterocycles. The summed E-state index contributed by atoms with van der Waals surface area (Å²) in [6, 6.07) is 9.47. The van der Waals surface area contributed by atoms with E-state index in [2.05, 4.69) is 9.72 Å². The molecule has 1 aliphatic rings. The number of anilines is 1. The number of ether oxygens (including phenoxy) is 2. The number of hydrogen-bond acceptors (Lipinski definition) is 6. The van der Waals surface area contributed by atoms with Crippen LogP contribution >= 0.6 is 11.3 Å². The van der Waals surface area contributed by atoms with E-state index in [0.717, 1.165) is 0 Å². The van der Waals surface area contributed by atoms with Crippen molar-refractivity contribution in [1.82, 2.24) is 9.88 Å². The molecule has 1 fully saturated rings. The normalized spacial score (nSPS) is 14.7. The van der Waals surface area contributed by atoms with E-state index >= 15 is 0 Å². The molecule has 4 rings (SSSR count). The van der Waals surface area contributed by atoms with Crippen molar-refractivity contribution in [3.63, 3.8) is 0 Å². The van der Waals surface area contributed by atoms with Crippen LogP contribution in [0.2, 0.25) is 0 Å². The smallest absolute Gasteiger partial charge is 0.484 e. The molecule has 0 aliphatic carbocycles. The molecule has 164 valence electrons. The van der Waals surface area contributed by atoms with Gasteiger partial charge in [0.05, 0.1) is 10.2 Å². The number of carbonyl (C=O) groups excluding carboxylic acids is 1. The third kappa shape index (κ3) is 5.35. The number of rotatable bonds is 5. The van der Waals surface area contributed by atoms with E-state index in [1.165, 1.54) is 53.8 Å². The van der Waals surface area contributed by atoms with Gasteiger partial charge in [-0.25, -0.2) is 9.37 Å². The topological polar surface area (TPSA) is 54.9 Å². The number of piperazine rings is 1. The minimum Gasteiger partial charge on any atom is -0.484 e. The largest absolute Gasteiger partial charge is 0.573 e. The Balaban J connectivity index is 1.33. The number of thiazole rings is 1. The second-order valence-corrected chi connectivity index (χ2v) is 7.79. The molecule has 3 aromatic rings. The van der Waals surface area contributed by atoms with Crippen LogP contribution in [0.5, 0.6) is 11.5 Å². The summed E-state index contributed by atoms with van der Waals surface area (Å²) >= 11 is 1.27. The van der Waals surface area contributed by atoms with E-state index in [-0.39, 0.29) is 24.1 Å². The molecule has 1 amide bonds. The van der Waals surface area contributed by atoms with Crippen molar-refractivity contribution in [2.24, 2.45) is 0 Å². The summed E-state index contributed by atoms with van der Waals surface area (Å²) in [7, 11) is 0. The second kappa shape index (κ2) is 8.58. The number of carbonyl (C=O) groups is 1. The monoisotopic (exact) mass is 455 g/mol. The SMILES string of the molecule is O=C(COc1ccc(F)cc1)N1CCN(c2nc3ccc(OC(F)(F)F)cc3s2)CC1. The zero-order valence-corrected chi connectivity index (χ0v) is 16.9. The Labute approximate surface area is 178 Å². The summed E-state index contributed by atoms with van der Waals surface area (Å²) < 4.78 is 60.1. The predicted molar refractivity (Wildman–Crippen MR) is 107 cm³/mol. The Bertz CT molecular complexity index is 1060. The first-order valence-corrected chi connectivity index (χ1v) is 10.2. The van der Waals surface area contributed by atoms with Gasteiger partial charge >= 0.3 is 6.36 Å². The Hall–Kier alpha value is -3.08. The molecule has 1 aromatic heterocycles. The zero-order chi connectivity index (χ0) is 22.0. The summed E-state index contributed by atoms with van der Waals surface area (Å²) in [4.78, 5) is 20.5. The summed E-state index contributed by atoms with van der Waals surface area (Å²) in [6.07, 6.45) is -4.75. The molecule has 11 heteroatoms. The Morgan fingerprint density at radius 2 is 1.71 bits per heavy atom. The van der Waals surface area contributed by atoms with Crippen molar-refractivity contribution in [2.45, 2.75) is 6.36 Å². The highest BCUT2D eigenvalue weighted by molar-refractivity contribution is 7.22. The molecule has 0 radical (unpaired) electrons. The standard InChI is InChI=1S/C20H17F4N3O3S/c21-13-1-3-14(4-2-13)29-12-18(28)26-7-9-27(10-8-26)19-25-16-6-5-15(11-17(16)31-19)30-20(22,23)24/h1-6,11H,7-10,12H2. The van der Waals surface area contributed by atoms with Gasteiger partial charge in [-0.2, -0.15) is 0 Å². The molecular weight excluding hydrogens is 438 g/mol. The Morgan fingerprint density at radius 1 is 1.03 bits per heavy atom. The average molecular weight is 455 g/mol. The fourth-order valence-electron chi connectivity index (χ4n) is 3.14. The summed E-state index contributed by atoms with van der Waals surface area (Å²) in [5.74, 6) is -0.431. The van der Waals surface area contributed by atoms with Gasteiger partial charge in [0.1, 0.15) is 17.3 Å². The molecule has 0 N–H and O–H groups in total. The van der Waals surface area contributed by atoms with Crippen LogP contribution in [0.4, 0.5) is 22.7 Å². The Morgan fingerprint density at radius 3 is 2.39 bits per heavy atom. The fraction of sp³-hybridized carbons (Fsp3) is 0.300. The van der Waals surface area contributed by atoms with E-state index < -0.39 is 6.36 Å². The number of nitrogens with zero attached hydrogens (tertiary/aromatic N) is 3. The first kappa shape index (κ1) is 21.2. The summed E-state index contributed by atoms with van der Waals surface area (Å²) in [5.41, 5.74) is 0.584. The third-order valence-electron chi connectivity index (χ3n) is 4.66. The van der Waals surface area contributed by atoms with Crippen molar-refractivity contribution in [3.05, 3.63) is 48.3 Å². The fourth-order valence-corrected chi connectivity index (χ4v) is 4.19. The molecular formula is C20H17F4N3O3S. The highest BCUT2D eigenvalue weighted by Gasteiger charge is 2.31. The lowest BCUT2D eigenvalue weighted by atomic mass is 10.3. The van der Waals surface area contributed by atoms with Crippen LogP contribution in [-0.4, -0.2) is 54.9 Å². The lowest BCUT2D eigenvalue weighted by Gasteiger charge is -2.34. The van der Waals surface area contributed by atoms with Crippen molar-refractivity contribution < 1.29 is 31.8 Å². The number of alkyl halides is 3. The maximum absolute atomic E-state index is 12.9. The highest BCUT2D eigenvalue weighted by Crippen LogP contribution is 2.33. The molecule has 0 bridgehead atoms. The van der Waals surface area contributed by atoms with Crippen LogP contribution < -0.4 is 14.4 Å². The van der Waals surface area contributed by atoms with Gasteiger partial charge in [-0.15, -0.1) is 13.2 Å². The number of halogens is 4. The molecule has 1 saturated heterocycles. The van der Waals surface area contributed by atoms with Crippen LogP contribution in [0.15, 0.2) is 42.5 Å². The molecule has 2 aromatic carbocycles. The van der Waals surface area contributed by atoms with Gasteiger partial charge in [-0.1, -0.05) is 11.3 Å². The van der Waals surface area contributed by atoms with Crippen LogP contribution in [0.1, 0.15) is 0 Å². The molecule has 0 unspecified atom stereocenters. The number of fused-ring (bicyclic) bond motifs is 1. The lowest BCUT2D eigenvalue weighted by molar-refractivity contribution is -0.274. The maximum Gasteiger partial charge on any atom is 0.573 e. The molecule has 2 heterocycles. The molecule has 0 atom stereocenters. The number of aromatic nitrogens is 1. The quantitative estimate of drug-likeness (QED) is 0.543. The van der Waals surface area contributed by atoms with Gasteiger partial charge in [0.25, 0.3) is 5.91 Å². The van der Waals surface area contributed by atoms with Crippen LogP contribution in [0.25, 0.3) is 10.2 Å². The van der Waals surface area contributed by atoms with Gasteiger partial charge in [-0.3, -0.25) is 4.79 Å². The zero-order valence-electron chi connectivity index (χ0n) is 16.1. The number of hydrogen-bond donors (Lipinski definition) is 0. The van der Waals surface area contributed by atoms with E-state index in [9.17, 15) is 22.4 Å². The van der Waals surface area contributed by atoms with E-state index in [4.69, 9.17) is 4.74 Å². The molecule has 6 nitrogen and oxygen atoms in total. The summed E-state index contributed by atoms with van der Waals surface area (Å²) in [5, 5.41) is 0.675. The van der Waals surface area contributed by atoms with Gasteiger partial charge < -0.3 is 19.3 Å². The number of benzene rings is 2. The highest BCUT2D eigenvalue weighted by atomic mass is 32.1. The van der Waals surface area contributed by atoms with Crippen molar-refractivity contribution in [2.75, 3.05) is 37.7 Å². The van der Waals surface area contributed by atoms with E-state index in [0.29, 0.717) is 47.3 Å². The van der Waals surface area contributed by atoms with Gasteiger partial charge in [0, 0.05) is 32.2 Å². The van der Waals surface area contributed by atoms with Gasteiger partial charge in [0.2, 0.25) is 0 Å². The second-order valence-electron chi connectivity index (χ2n) is 6.78. The third-order valence-corrected chi connectivity index (χ3v) is 5.74. The number of amides is 1. The van der Waals surface area contributed by atoms with Crippen LogP contribution in [-0.2, 0) is 4.79 Å². The van der Waals surface area contributed by atoms with Crippen LogP contribution in [0, 0.1) is 5.82 Å². The van der Waals surface area contributed by atoms with Crippen molar-refractivity contribution in [1.29, 1.82) is 0 Å². The van der Waals surface area contributed by atoms with Crippen molar-refractivity contribution in [3.8, 4) is 11.5 Å². The maximum atomic E-state index is 12.9. The predicted octanol–water partition coefficient (Wildman–Crippen LogP) is 4.06. The average Bonchev–Trinajstić information content (AvgIpc) is 3.15. The van der Waals surface area contributed by atoms with E-state index in [1.54, 1.807) is 4.90 Å². The Kier molecular flexibility index (Phi) is 5.86.